The SMILES string of the molecule is CC(OCC1CCCO1)C(=O)OC(C(=O)Nc1ccc(F)c(F)c1)C(C)C. The average molecular weight is 385 g/mol. The summed E-state index contributed by atoms with van der Waals surface area (Å²) in [4.78, 5) is 24.7. The van der Waals surface area contributed by atoms with Gasteiger partial charge in [-0.05, 0) is 37.8 Å². The number of halogens is 2. The molecule has 1 N–H and O–H groups in total. The Labute approximate surface area is 157 Å². The topological polar surface area (TPSA) is 73.9 Å². The summed E-state index contributed by atoms with van der Waals surface area (Å²) in [6.45, 7) is 5.93. The summed E-state index contributed by atoms with van der Waals surface area (Å²) in [5.74, 6) is -3.73. The first-order chi connectivity index (χ1) is 12.8. The van der Waals surface area contributed by atoms with Crippen LogP contribution in [-0.4, -0.2) is 43.4 Å². The van der Waals surface area contributed by atoms with Crippen LogP contribution in [0, 0.1) is 17.6 Å². The number of anilines is 1. The highest BCUT2D eigenvalue weighted by Gasteiger charge is 2.29. The molecule has 1 aliphatic heterocycles. The minimum Gasteiger partial charge on any atom is -0.450 e. The number of carbonyl (C=O) groups is 2. The number of benzene rings is 1. The fraction of sp³-hybridized carbons (Fsp3) is 0.579. The summed E-state index contributed by atoms with van der Waals surface area (Å²) in [5, 5.41) is 2.43. The monoisotopic (exact) mass is 385 g/mol. The zero-order valence-corrected chi connectivity index (χ0v) is 15.7. The van der Waals surface area contributed by atoms with Crippen molar-refractivity contribution in [3.8, 4) is 0 Å². The van der Waals surface area contributed by atoms with Crippen LogP contribution in [0.4, 0.5) is 14.5 Å². The van der Waals surface area contributed by atoms with Gasteiger partial charge in [-0.15, -0.1) is 0 Å². The van der Waals surface area contributed by atoms with Gasteiger partial charge >= 0.3 is 5.97 Å². The van der Waals surface area contributed by atoms with E-state index in [-0.39, 0.29) is 24.3 Å². The van der Waals surface area contributed by atoms with Crippen LogP contribution < -0.4 is 5.32 Å². The van der Waals surface area contributed by atoms with Crippen LogP contribution in [0.2, 0.25) is 0 Å². The zero-order valence-electron chi connectivity index (χ0n) is 15.7. The summed E-state index contributed by atoms with van der Waals surface area (Å²) in [5.41, 5.74) is 0.0725. The van der Waals surface area contributed by atoms with Crippen LogP contribution in [0.5, 0.6) is 0 Å². The number of nitrogens with one attached hydrogen (secondary N) is 1. The Morgan fingerprint density at radius 1 is 1.26 bits per heavy atom. The molecule has 3 unspecified atom stereocenters. The maximum absolute atomic E-state index is 13.3. The highest BCUT2D eigenvalue weighted by molar-refractivity contribution is 5.95. The van der Waals surface area contributed by atoms with Crippen LogP contribution >= 0.6 is 0 Å². The second-order valence-electron chi connectivity index (χ2n) is 6.83. The summed E-state index contributed by atoms with van der Waals surface area (Å²) >= 11 is 0. The first kappa shape index (κ1) is 21.2. The number of esters is 1. The maximum atomic E-state index is 13.3. The molecular formula is C19H25F2NO5. The summed E-state index contributed by atoms with van der Waals surface area (Å²) < 4.78 is 42.5. The lowest BCUT2D eigenvalue weighted by atomic mass is 10.1. The lowest BCUT2D eigenvalue weighted by Crippen LogP contribution is -2.39. The van der Waals surface area contributed by atoms with Crippen LogP contribution in [-0.2, 0) is 23.8 Å². The first-order valence-corrected chi connectivity index (χ1v) is 8.97. The highest BCUT2D eigenvalue weighted by Crippen LogP contribution is 2.17. The molecule has 2 rings (SSSR count). The van der Waals surface area contributed by atoms with Crippen molar-refractivity contribution >= 4 is 17.6 Å². The highest BCUT2D eigenvalue weighted by atomic mass is 19.2. The molecule has 1 fully saturated rings. The molecule has 1 amide bonds. The van der Waals surface area contributed by atoms with E-state index in [1.807, 2.05) is 0 Å². The second kappa shape index (κ2) is 9.75. The van der Waals surface area contributed by atoms with E-state index in [1.54, 1.807) is 20.8 Å². The van der Waals surface area contributed by atoms with Crippen LogP contribution in [0.15, 0.2) is 18.2 Å². The molecule has 0 aromatic heterocycles. The third kappa shape index (κ3) is 6.25. The third-order valence-corrected chi connectivity index (χ3v) is 4.18. The van der Waals surface area contributed by atoms with Gasteiger partial charge in [0.25, 0.3) is 5.91 Å². The van der Waals surface area contributed by atoms with E-state index in [2.05, 4.69) is 5.32 Å². The first-order valence-electron chi connectivity index (χ1n) is 8.97. The van der Waals surface area contributed by atoms with Crippen molar-refractivity contribution in [2.45, 2.75) is 51.9 Å². The maximum Gasteiger partial charge on any atom is 0.335 e. The Morgan fingerprint density at radius 3 is 2.59 bits per heavy atom. The van der Waals surface area contributed by atoms with Gasteiger partial charge < -0.3 is 19.5 Å². The van der Waals surface area contributed by atoms with Gasteiger partial charge in [0.05, 0.1) is 12.7 Å². The molecule has 3 atom stereocenters. The summed E-state index contributed by atoms with van der Waals surface area (Å²) in [7, 11) is 0. The number of carbonyl (C=O) groups excluding carboxylic acids is 2. The van der Waals surface area contributed by atoms with Crippen molar-refractivity contribution < 1.29 is 32.6 Å². The minimum atomic E-state index is -1.10. The molecule has 1 aliphatic rings. The summed E-state index contributed by atoms with van der Waals surface area (Å²) in [6, 6.07) is 2.99. The fourth-order valence-corrected chi connectivity index (χ4v) is 2.60. The van der Waals surface area contributed by atoms with Gasteiger partial charge in [-0.3, -0.25) is 4.79 Å². The fourth-order valence-electron chi connectivity index (χ4n) is 2.60. The van der Waals surface area contributed by atoms with Gasteiger partial charge in [-0.1, -0.05) is 13.8 Å². The van der Waals surface area contributed by atoms with Crippen molar-refractivity contribution in [1.82, 2.24) is 0 Å². The molecule has 0 radical (unpaired) electrons. The van der Waals surface area contributed by atoms with Gasteiger partial charge in [0, 0.05) is 18.4 Å². The molecule has 8 heteroatoms. The molecule has 0 aliphatic carbocycles. The van der Waals surface area contributed by atoms with Crippen LogP contribution in [0.25, 0.3) is 0 Å². The van der Waals surface area contributed by atoms with Gasteiger partial charge in [-0.25, -0.2) is 13.6 Å². The standard InChI is InChI=1S/C19H25F2NO5/c1-11(2)17(18(23)22-13-6-7-15(20)16(21)9-13)27-19(24)12(3)26-10-14-5-4-8-25-14/h6-7,9,11-12,14,17H,4-5,8,10H2,1-3H3,(H,22,23). The molecule has 27 heavy (non-hydrogen) atoms. The van der Waals surface area contributed by atoms with E-state index in [0.29, 0.717) is 6.61 Å². The molecule has 1 saturated heterocycles. The average Bonchev–Trinajstić information content (AvgIpc) is 3.13. The Bertz CT molecular complexity index is 662. The van der Waals surface area contributed by atoms with Gasteiger partial charge in [0.1, 0.15) is 0 Å². The molecule has 6 nitrogen and oxygen atoms in total. The Morgan fingerprint density at radius 2 is 2.00 bits per heavy atom. The molecular weight excluding hydrogens is 360 g/mol. The number of amides is 1. The van der Waals surface area contributed by atoms with Gasteiger partial charge in [-0.2, -0.15) is 0 Å². The number of rotatable bonds is 8. The van der Waals surface area contributed by atoms with E-state index < -0.39 is 35.7 Å². The van der Waals surface area contributed by atoms with Crippen LogP contribution in [0.3, 0.4) is 0 Å². The number of hydrogen-bond acceptors (Lipinski definition) is 5. The summed E-state index contributed by atoms with van der Waals surface area (Å²) in [6.07, 6.45) is -0.136. The number of hydrogen-bond donors (Lipinski definition) is 1. The minimum absolute atomic E-state index is 0.0298. The van der Waals surface area contributed by atoms with E-state index in [1.165, 1.54) is 6.07 Å². The third-order valence-electron chi connectivity index (χ3n) is 4.18. The van der Waals surface area contributed by atoms with E-state index in [0.717, 1.165) is 25.0 Å². The van der Waals surface area contributed by atoms with E-state index in [9.17, 15) is 18.4 Å². The lowest BCUT2D eigenvalue weighted by molar-refractivity contribution is -0.168. The van der Waals surface area contributed by atoms with Gasteiger partial charge in [0.2, 0.25) is 0 Å². The second-order valence-corrected chi connectivity index (χ2v) is 6.83. The van der Waals surface area contributed by atoms with E-state index in [4.69, 9.17) is 14.2 Å². The molecule has 1 aromatic carbocycles. The molecule has 150 valence electrons. The molecule has 1 heterocycles. The Kier molecular flexibility index (Phi) is 7.67. The van der Waals surface area contributed by atoms with Crippen molar-refractivity contribution in [3.05, 3.63) is 29.8 Å². The molecule has 0 spiro atoms. The predicted molar refractivity (Wildman–Crippen MR) is 94.1 cm³/mol. The van der Waals surface area contributed by atoms with Crippen molar-refractivity contribution in [2.75, 3.05) is 18.5 Å². The van der Waals surface area contributed by atoms with Gasteiger partial charge in [0.15, 0.2) is 23.8 Å². The predicted octanol–water partition coefficient (Wildman–Crippen LogP) is 3.06. The smallest absolute Gasteiger partial charge is 0.335 e. The van der Waals surface area contributed by atoms with Crippen molar-refractivity contribution in [1.29, 1.82) is 0 Å². The number of ether oxygens (including phenoxy) is 3. The Hall–Kier alpha value is -2.06. The molecule has 0 bridgehead atoms. The van der Waals surface area contributed by atoms with Crippen LogP contribution in [0.1, 0.15) is 33.6 Å². The largest absolute Gasteiger partial charge is 0.450 e. The Balaban J connectivity index is 1.91. The lowest BCUT2D eigenvalue weighted by Gasteiger charge is -2.23. The normalized spacial score (nSPS) is 19.0. The molecule has 0 saturated carbocycles. The van der Waals surface area contributed by atoms with E-state index >= 15 is 0 Å². The quantitative estimate of drug-likeness (QED) is 0.697. The van der Waals surface area contributed by atoms with Crippen molar-refractivity contribution in [3.63, 3.8) is 0 Å². The van der Waals surface area contributed by atoms with Crippen molar-refractivity contribution in [2.24, 2.45) is 5.92 Å². The molecule has 1 aromatic rings. The zero-order chi connectivity index (χ0) is 20.0.